The molecule has 0 unspecified atom stereocenters. The molecule has 0 atom stereocenters. The van der Waals surface area contributed by atoms with Gasteiger partial charge in [0, 0.05) is 18.6 Å². The lowest BCUT2D eigenvalue weighted by Crippen LogP contribution is -2.41. The molecule has 0 aliphatic heterocycles. The van der Waals surface area contributed by atoms with Gasteiger partial charge in [-0.1, -0.05) is 11.6 Å². The molecule has 0 aliphatic rings. The quantitative estimate of drug-likeness (QED) is 0.641. The Morgan fingerprint density at radius 2 is 2.00 bits per heavy atom. The van der Waals surface area contributed by atoms with E-state index in [4.69, 9.17) is 11.6 Å². The molecule has 2 heterocycles. The summed E-state index contributed by atoms with van der Waals surface area (Å²) < 4.78 is 23.7. The Kier molecular flexibility index (Phi) is 4.28. The minimum Gasteiger partial charge on any atom is -0.273 e. The van der Waals surface area contributed by atoms with E-state index < -0.39 is 15.9 Å². The molecule has 2 N–H and O–H groups in total. The van der Waals surface area contributed by atoms with E-state index in [0.29, 0.717) is 0 Å². The van der Waals surface area contributed by atoms with Gasteiger partial charge >= 0.3 is 0 Å². The first-order valence-corrected chi connectivity index (χ1v) is 7.19. The summed E-state index contributed by atoms with van der Waals surface area (Å²) in [4.78, 5) is 20.9. The van der Waals surface area contributed by atoms with Gasteiger partial charge in [-0.05, 0) is 24.3 Å². The first-order valence-electron chi connectivity index (χ1n) is 5.33. The van der Waals surface area contributed by atoms with Crippen LogP contribution in [0.2, 0.25) is 5.15 Å². The highest BCUT2D eigenvalue weighted by atomic mass is 35.5. The zero-order chi connectivity index (χ0) is 14.6. The van der Waals surface area contributed by atoms with E-state index >= 15 is 0 Å². The Hall–Kier alpha value is -2.03. The van der Waals surface area contributed by atoms with Crippen molar-refractivity contribution in [1.82, 2.24) is 20.2 Å². The molecule has 2 aromatic rings. The number of pyridine rings is 2. The van der Waals surface area contributed by atoms with Gasteiger partial charge in [-0.3, -0.25) is 15.2 Å². The molecular formula is C11H9ClN4O3S. The van der Waals surface area contributed by atoms with Crippen LogP contribution >= 0.6 is 11.6 Å². The molecule has 20 heavy (non-hydrogen) atoms. The second-order valence-electron chi connectivity index (χ2n) is 3.62. The molecule has 0 aromatic carbocycles. The van der Waals surface area contributed by atoms with Gasteiger partial charge in [-0.2, -0.15) is 0 Å². The van der Waals surface area contributed by atoms with Crippen LogP contribution in [-0.4, -0.2) is 24.3 Å². The first-order chi connectivity index (χ1) is 9.49. The van der Waals surface area contributed by atoms with Crippen LogP contribution in [0.1, 0.15) is 10.4 Å². The summed E-state index contributed by atoms with van der Waals surface area (Å²) in [5.41, 5.74) is 2.30. The lowest BCUT2D eigenvalue weighted by Gasteiger charge is -2.07. The van der Waals surface area contributed by atoms with Gasteiger partial charge in [0.2, 0.25) is 0 Å². The minimum atomic E-state index is -3.90. The van der Waals surface area contributed by atoms with Gasteiger partial charge in [0.25, 0.3) is 15.9 Å². The fourth-order valence-corrected chi connectivity index (χ4v) is 2.16. The molecule has 0 saturated heterocycles. The molecule has 0 bridgehead atoms. The largest absolute Gasteiger partial charge is 0.273 e. The fourth-order valence-electron chi connectivity index (χ4n) is 1.26. The summed E-state index contributed by atoms with van der Waals surface area (Å²) in [6.45, 7) is 0. The molecule has 0 radical (unpaired) electrons. The van der Waals surface area contributed by atoms with Crippen LogP contribution in [0.5, 0.6) is 0 Å². The lowest BCUT2D eigenvalue weighted by atomic mass is 10.3. The second-order valence-corrected chi connectivity index (χ2v) is 5.69. The van der Waals surface area contributed by atoms with Crippen molar-refractivity contribution in [3.63, 3.8) is 0 Å². The van der Waals surface area contributed by atoms with E-state index in [1.54, 1.807) is 6.07 Å². The molecule has 104 valence electrons. The third kappa shape index (κ3) is 3.50. The number of nitrogens with one attached hydrogen (secondary N) is 2. The number of amides is 1. The third-order valence-electron chi connectivity index (χ3n) is 2.23. The highest BCUT2D eigenvalue weighted by Crippen LogP contribution is 2.09. The van der Waals surface area contributed by atoms with Crippen molar-refractivity contribution >= 4 is 27.5 Å². The fraction of sp³-hybridized carbons (Fsp3) is 0. The normalized spacial score (nSPS) is 11.1. The van der Waals surface area contributed by atoms with E-state index in [1.807, 2.05) is 4.83 Å². The minimum absolute atomic E-state index is 0.117. The molecule has 0 spiro atoms. The highest BCUT2D eigenvalue weighted by molar-refractivity contribution is 7.89. The topological polar surface area (TPSA) is 101 Å². The molecule has 0 saturated carbocycles. The number of hydrazine groups is 1. The number of aromatic nitrogens is 2. The number of rotatable bonds is 4. The molecule has 9 heteroatoms. The van der Waals surface area contributed by atoms with Crippen molar-refractivity contribution in [3.05, 3.63) is 53.6 Å². The van der Waals surface area contributed by atoms with Gasteiger partial charge < -0.3 is 0 Å². The smallest absolute Gasteiger partial charge is 0.267 e. The summed E-state index contributed by atoms with van der Waals surface area (Å²) in [5.74, 6) is -0.622. The number of carbonyl (C=O) groups is 1. The predicted molar refractivity (Wildman–Crippen MR) is 71.3 cm³/mol. The SMILES string of the molecule is O=C(NNS(=O)(=O)c1ccc(Cl)nc1)c1cccnc1. The summed E-state index contributed by atoms with van der Waals surface area (Å²) in [6.07, 6.45) is 3.90. The number of hydrogen-bond acceptors (Lipinski definition) is 5. The summed E-state index contributed by atoms with van der Waals surface area (Å²) in [7, 11) is -3.90. The Balaban J connectivity index is 2.06. The monoisotopic (exact) mass is 312 g/mol. The molecule has 0 aliphatic carbocycles. The molecular weight excluding hydrogens is 304 g/mol. The van der Waals surface area contributed by atoms with Gasteiger partial charge in [0.05, 0.1) is 5.56 Å². The Bertz CT molecular complexity index is 704. The Morgan fingerprint density at radius 3 is 2.60 bits per heavy atom. The van der Waals surface area contributed by atoms with E-state index in [0.717, 1.165) is 6.20 Å². The average Bonchev–Trinajstić information content (AvgIpc) is 2.46. The van der Waals surface area contributed by atoms with Crippen molar-refractivity contribution in [2.75, 3.05) is 0 Å². The molecule has 1 amide bonds. The zero-order valence-electron chi connectivity index (χ0n) is 9.95. The Labute approximate surface area is 120 Å². The van der Waals surface area contributed by atoms with Crippen LogP contribution in [0.25, 0.3) is 0 Å². The van der Waals surface area contributed by atoms with Crippen LogP contribution in [0.4, 0.5) is 0 Å². The maximum absolute atomic E-state index is 11.9. The Morgan fingerprint density at radius 1 is 1.20 bits per heavy atom. The maximum atomic E-state index is 11.9. The summed E-state index contributed by atoms with van der Waals surface area (Å²) in [6, 6.07) is 5.67. The number of sulfonamides is 1. The van der Waals surface area contributed by atoms with Crippen LogP contribution in [-0.2, 0) is 10.0 Å². The standard InChI is InChI=1S/C11H9ClN4O3S/c12-10-4-3-9(7-14-10)20(18,19)16-15-11(17)8-2-1-5-13-6-8/h1-7,16H,(H,15,17). The second kappa shape index (κ2) is 5.95. The van der Waals surface area contributed by atoms with Crippen LogP contribution in [0.3, 0.4) is 0 Å². The first kappa shape index (κ1) is 14.4. The number of nitrogens with zero attached hydrogens (tertiary/aromatic N) is 2. The lowest BCUT2D eigenvalue weighted by molar-refractivity contribution is 0.0944. The summed E-state index contributed by atoms with van der Waals surface area (Å²) >= 11 is 5.57. The van der Waals surface area contributed by atoms with Crippen molar-refractivity contribution in [1.29, 1.82) is 0 Å². The number of carbonyl (C=O) groups excluding carboxylic acids is 1. The third-order valence-corrected chi connectivity index (χ3v) is 3.69. The molecule has 2 rings (SSSR count). The zero-order valence-corrected chi connectivity index (χ0v) is 11.5. The van der Waals surface area contributed by atoms with Gasteiger partial charge in [-0.15, -0.1) is 4.83 Å². The van der Waals surface area contributed by atoms with E-state index in [2.05, 4.69) is 15.4 Å². The van der Waals surface area contributed by atoms with Gasteiger partial charge in [-0.25, -0.2) is 13.4 Å². The summed E-state index contributed by atoms with van der Waals surface area (Å²) in [5, 5.41) is 0.170. The van der Waals surface area contributed by atoms with Crippen molar-refractivity contribution < 1.29 is 13.2 Å². The van der Waals surface area contributed by atoms with Crippen molar-refractivity contribution in [3.8, 4) is 0 Å². The van der Waals surface area contributed by atoms with Crippen LogP contribution in [0.15, 0.2) is 47.8 Å². The predicted octanol–water partition coefficient (Wildman–Crippen LogP) is 0.753. The van der Waals surface area contributed by atoms with Gasteiger partial charge in [0.1, 0.15) is 10.0 Å². The maximum Gasteiger partial charge on any atom is 0.267 e. The van der Waals surface area contributed by atoms with E-state index in [9.17, 15) is 13.2 Å². The van der Waals surface area contributed by atoms with Crippen LogP contribution < -0.4 is 10.3 Å². The van der Waals surface area contributed by atoms with Crippen LogP contribution in [0, 0.1) is 0 Å². The molecule has 0 fully saturated rings. The highest BCUT2D eigenvalue weighted by Gasteiger charge is 2.16. The van der Waals surface area contributed by atoms with Crippen molar-refractivity contribution in [2.24, 2.45) is 0 Å². The number of hydrogen-bond donors (Lipinski definition) is 2. The van der Waals surface area contributed by atoms with Crippen molar-refractivity contribution in [2.45, 2.75) is 4.90 Å². The van der Waals surface area contributed by atoms with E-state index in [-0.39, 0.29) is 15.6 Å². The molecule has 7 nitrogen and oxygen atoms in total. The van der Waals surface area contributed by atoms with E-state index in [1.165, 1.54) is 30.6 Å². The average molecular weight is 313 g/mol. The number of halogens is 1. The van der Waals surface area contributed by atoms with Gasteiger partial charge in [0.15, 0.2) is 0 Å². The molecule has 2 aromatic heterocycles.